The van der Waals surface area contributed by atoms with E-state index in [0.29, 0.717) is 19.7 Å². The average molecular weight is 262 g/mol. The van der Waals surface area contributed by atoms with Gasteiger partial charge in [-0.25, -0.2) is 0 Å². The van der Waals surface area contributed by atoms with Crippen molar-refractivity contribution >= 4 is 5.91 Å². The molecule has 1 saturated heterocycles. The van der Waals surface area contributed by atoms with Gasteiger partial charge in [0.15, 0.2) is 0 Å². The van der Waals surface area contributed by atoms with Crippen molar-refractivity contribution in [3.8, 4) is 0 Å². The summed E-state index contributed by atoms with van der Waals surface area (Å²) in [5.74, 6) is 0.0801. The topological polar surface area (TPSA) is 55.6 Å². The Balaban J connectivity index is 2.09. The Morgan fingerprint density at radius 3 is 2.95 bits per heavy atom. The first-order valence-corrected chi connectivity index (χ1v) is 6.84. The maximum absolute atomic E-state index is 12.1. The number of aryl methyl sites for hydroxylation is 1. The number of carbonyl (C=O) groups excluding carboxylic acids is 1. The van der Waals surface area contributed by atoms with Gasteiger partial charge in [-0.05, 0) is 37.4 Å². The van der Waals surface area contributed by atoms with Crippen LogP contribution in [-0.4, -0.2) is 36.6 Å². The van der Waals surface area contributed by atoms with Gasteiger partial charge in [0.05, 0.1) is 12.6 Å². The standard InChI is InChI=1S/C15H22N2O2/c1-12-5-2-3-6-13(12)9-17-14(7-4-8-16)10-19-11-15(17)18/h2-3,5-6,14H,4,7-11,16H2,1H3. The summed E-state index contributed by atoms with van der Waals surface area (Å²) in [5, 5.41) is 0. The summed E-state index contributed by atoms with van der Waals surface area (Å²) in [6.45, 7) is 4.23. The van der Waals surface area contributed by atoms with Gasteiger partial charge in [0, 0.05) is 6.54 Å². The van der Waals surface area contributed by atoms with E-state index in [1.165, 1.54) is 11.1 Å². The van der Waals surface area contributed by atoms with Gasteiger partial charge in [-0.3, -0.25) is 4.79 Å². The first-order valence-electron chi connectivity index (χ1n) is 6.84. The minimum Gasteiger partial charge on any atom is -0.369 e. The van der Waals surface area contributed by atoms with E-state index in [2.05, 4.69) is 19.1 Å². The van der Waals surface area contributed by atoms with Gasteiger partial charge in [0.1, 0.15) is 6.61 Å². The molecular weight excluding hydrogens is 240 g/mol. The summed E-state index contributed by atoms with van der Waals surface area (Å²) in [6, 6.07) is 8.35. The number of benzene rings is 1. The van der Waals surface area contributed by atoms with Crippen molar-refractivity contribution in [2.75, 3.05) is 19.8 Å². The molecule has 2 N–H and O–H groups in total. The van der Waals surface area contributed by atoms with Crippen molar-refractivity contribution in [1.29, 1.82) is 0 Å². The van der Waals surface area contributed by atoms with Crippen LogP contribution in [0.5, 0.6) is 0 Å². The minimum atomic E-state index is 0.0801. The third-order valence-electron chi connectivity index (χ3n) is 3.64. The first-order chi connectivity index (χ1) is 9.22. The first kappa shape index (κ1) is 14.0. The van der Waals surface area contributed by atoms with Crippen LogP contribution in [0.2, 0.25) is 0 Å². The quantitative estimate of drug-likeness (QED) is 0.874. The third-order valence-corrected chi connectivity index (χ3v) is 3.64. The van der Waals surface area contributed by atoms with Crippen LogP contribution in [0, 0.1) is 6.92 Å². The molecular formula is C15H22N2O2. The largest absolute Gasteiger partial charge is 0.369 e. The van der Waals surface area contributed by atoms with E-state index in [4.69, 9.17) is 10.5 Å². The van der Waals surface area contributed by atoms with E-state index in [-0.39, 0.29) is 18.6 Å². The number of ether oxygens (including phenoxy) is 1. The Hall–Kier alpha value is -1.39. The van der Waals surface area contributed by atoms with Crippen LogP contribution in [0.1, 0.15) is 24.0 Å². The zero-order valence-electron chi connectivity index (χ0n) is 11.5. The maximum Gasteiger partial charge on any atom is 0.249 e. The van der Waals surface area contributed by atoms with E-state index in [0.717, 1.165) is 12.8 Å². The molecule has 4 heteroatoms. The second kappa shape index (κ2) is 6.68. The lowest BCUT2D eigenvalue weighted by Gasteiger charge is -2.36. The number of hydrogen-bond donors (Lipinski definition) is 1. The highest BCUT2D eigenvalue weighted by Crippen LogP contribution is 2.18. The molecule has 1 aliphatic heterocycles. The molecule has 1 unspecified atom stereocenters. The number of carbonyl (C=O) groups is 1. The molecule has 0 spiro atoms. The van der Waals surface area contributed by atoms with E-state index in [1.54, 1.807) is 0 Å². The fourth-order valence-corrected chi connectivity index (χ4v) is 2.44. The highest BCUT2D eigenvalue weighted by atomic mass is 16.5. The van der Waals surface area contributed by atoms with Crippen LogP contribution in [0.25, 0.3) is 0 Å². The summed E-state index contributed by atoms with van der Waals surface area (Å²) in [6.07, 6.45) is 1.83. The van der Waals surface area contributed by atoms with Crippen LogP contribution in [0.3, 0.4) is 0 Å². The molecule has 104 valence electrons. The molecule has 1 aromatic rings. The number of hydrogen-bond acceptors (Lipinski definition) is 3. The molecule has 1 fully saturated rings. The summed E-state index contributed by atoms with van der Waals surface area (Å²) in [7, 11) is 0. The number of rotatable bonds is 5. The third kappa shape index (κ3) is 3.55. The fourth-order valence-electron chi connectivity index (χ4n) is 2.44. The van der Waals surface area contributed by atoms with Gasteiger partial charge in [0.25, 0.3) is 0 Å². The lowest BCUT2D eigenvalue weighted by Crippen LogP contribution is -2.49. The summed E-state index contributed by atoms with van der Waals surface area (Å²) in [4.78, 5) is 14.0. The van der Waals surface area contributed by atoms with E-state index in [9.17, 15) is 4.79 Å². The van der Waals surface area contributed by atoms with Crippen molar-refractivity contribution in [3.05, 3.63) is 35.4 Å². The molecule has 0 aromatic heterocycles. The number of morpholine rings is 1. The Morgan fingerprint density at radius 2 is 2.21 bits per heavy atom. The average Bonchev–Trinajstić information content (AvgIpc) is 2.41. The molecule has 1 aliphatic rings. The number of amides is 1. The second-order valence-corrected chi connectivity index (χ2v) is 5.05. The predicted molar refractivity (Wildman–Crippen MR) is 74.6 cm³/mol. The van der Waals surface area contributed by atoms with Crippen molar-refractivity contribution in [2.45, 2.75) is 32.4 Å². The molecule has 1 atom stereocenters. The summed E-state index contributed by atoms with van der Waals surface area (Å²) in [5.41, 5.74) is 7.98. The van der Waals surface area contributed by atoms with Crippen LogP contribution in [0.4, 0.5) is 0 Å². The fraction of sp³-hybridized carbons (Fsp3) is 0.533. The van der Waals surface area contributed by atoms with Gasteiger partial charge in [-0.15, -0.1) is 0 Å². The van der Waals surface area contributed by atoms with Gasteiger partial charge in [-0.2, -0.15) is 0 Å². The number of nitrogens with zero attached hydrogens (tertiary/aromatic N) is 1. The normalized spacial score (nSPS) is 19.8. The van der Waals surface area contributed by atoms with Crippen LogP contribution < -0.4 is 5.73 Å². The zero-order chi connectivity index (χ0) is 13.7. The molecule has 19 heavy (non-hydrogen) atoms. The van der Waals surface area contributed by atoms with Crippen LogP contribution in [0.15, 0.2) is 24.3 Å². The zero-order valence-corrected chi connectivity index (χ0v) is 11.5. The second-order valence-electron chi connectivity index (χ2n) is 5.05. The Bertz CT molecular complexity index is 434. The lowest BCUT2D eigenvalue weighted by atomic mass is 10.0. The molecule has 1 aromatic carbocycles. The van der Waals surface area contributed by atoms with Crippen molar-refractivity contribution in [2.24, 2.45) is 5.73 Å². The van der Waals surface area contributed by atoms with Gasteiger partial charge in [-0.1, -0.05) is 24.3 Å². The molecule has 0 bridgehead atoms. The minimum absolute atomic E-state index is 0.0801. The van der Waals surface area contributed by atoms with Gasteiger partial charge < -0.3 is 15.4 Å². The van der Waals surface area contributed by atoms with Crippen molar-refractivity contribution in [3.63, 3.8) is 0 Å². The highest BCUT2D eigenvalue weighted by Gasteiger charge is 2.28. The number of nitrogens with two attached hydrogens (primary N) is 1. The molecule has 0 radical (unpaired) electrons. The SMILES string of the molecule is Cc1ccccc1CN1C(=O)COCC1CCCN. The van der Waals surface area contributed by atoms with Crippen LogP contribution in [-0.2, 0) is 16.1 Å². The Labute approximate surface area is 114 Å². The molecule has 0 saturated carbocycles. The van der Waals surface area contributed by atoms with Crippen LogP contribution >= 0.6 is 0 Å². The highest BCUT2D eigenvalue weighted by molar-refractivity contribution is 5.78. The van der Waals surface area contributed by atoms with E-state index in [1.807, 2.05) is 17.0 Å². The Kier molecular flexibility index (Phi) is 4.93. The summed E-state index contributed by atoms with van der Waals surface area (Å²) >= 11 is 0. The van der Waals surface area contributed by atoms with E-state index < -0.39 is 0 Å². The molecule has 4 nitrogen and oxygen atoms in total. The lowest BCUT2D eigenvalue weighted by molar-refractivity contribution is -0.149. The van der Waals surface area contributed by atoms with Crippen molar-refractivity contribution < 1.29 is 9.53 Å². The smallest absolute Gasteiger partial charge is 0.249 e. The maximum atomic E-state index is 12.1. The van der Waals surface area contributed by atoms with Gasteiger partial charge in [0.2, 0.25) is 5.91 Å². The molecule has 1 amide bonds. The Morgan fingerprint density at radius 1 is 1.42 bits per heavy atom. The molecule has 0 aliphatic carbocycles. The predicted octanol–water partition coefficient (Wildman–Crippen LogP) is 1.46. The monoisotopic (exact) mass is 262 g/mol. The van der Waals surface area contributed by atoms with Gasteiger partial charge >= 0.3 is 0 Å². The molecule has 2 rings (SSSR count). The molecule has 1 heterocycles. The van der Waals surface area contributed by atoms with E-state index >= 15 is 0 Å². The summed E-state index contributed by atoms with van der Waals surface area (Å²) < 4.78 is 5.36. The van der Waals surface area contributed by atoms with Crippen molar-refractivity contribution in [1.82, 2.24) is 4.90 Å².